The van der Waals surface area contributed by atoms with E-state index in [1.807, 2.05) is 29.2 Å². The summed E-state index contributed by atoms with van der Waals surface area (Å²) in [5.74, 6) is 1.73. The predicted molar refractivity (Wildman–Crippen MR) is 108 cm³/mol. The second-order valence-corrected chi connectivity index (χ2v) is 7.21. The highest BCUT2D eigenvalue weighted by molar-refractivity contribution is 5.79. The van der Waals surface area contributed by atoms with E-state index < -0.39 is 11.9 Å². The highest BCUT2D eigenvalue weighted by Gasteiger charge is 2.33. The van der Waals surface area contributed by atoms with Crippen molar-refractivity contribution in [3.63, 3.8) is 0 Å². The highest BCUT2D eigenvalue weighted by Crippen LogP contribution is 2.29. The van der Waals surface area contributed by atoms with Gasteiger partial charge >= 0.3 is 6.18 Å². The number of benzene rings is 1. The van der Waals surface area contributed by atoms with Crippen molar-refractivity contribution in [2.75, 3.05) is 31.7 Å². The standard InChI is InChI=1S/C21H25F3N4O2/c1-29-25-14-17-5-2-8-18(13-17)30-12-4-7-16-6-3-11-28(15-16)20-10-9-19(26-27-20)21(22,23)24/h2,5,8-10,13-14,16H,3-4,6-7,11-12,15H2,1H3. The van der Waals surface area contributed by atoms with Gasteiger partial charge in [-0.25, -0.2) is 0 Å². The van der Waals surface area contributed by atoms with Crippen molar-refractivity contribution in [1.82, 2.24) is 10.2 Å². The van der Waals surface area contributed by atoms with E-state index in [1.165, 1.54) is 13.2 Å². The molecule has 1 aromatic heterocycles. The number of hydrogen-bond donors (Lipinski definition) is 0. The third-order valence-corrected chi connectivity index (χ3v) is 4.97. The topological polar surface area (TPSA) is 59.8 Å². The van der Waals surface area contributed by atoms with Gasteiger partial charge in [0.05, 0.1) is 12.8 Å². The number of oxime groups is 1. The van der Waals surface area contributed by atoms with Crippen LogP contribution >= 0.6 is 0 Å². The first-order valence-electron chi connectivity index (χ1n) is 9.91. The number of piperidine rings is 1. The second-order valence-electron chi connectivity index (χ2n) is 7.21. The van der Waals surface area contributed by atoms with E-state index >= 15 is 0 Å². The molecule has 9 heteroatoms. The lowest BCUT2D eigenvalue weighted by Gasteiger charge is -2.33. The van der Waals surface area contributed by atoms with Crippen molar-refractivity contribution in [3.05, 3.63) is 47.7 Å². The first-order chi connectivity index (χ1) is 14.5. The molecule has 1 aromatic carbocycles. The Labute approximate surface area is 173 Å². The third kappa shape index (κ3) is 6.33. The van der Waals surface area contributed by atoms with Crippen molar-refractivity contribution in [2.24, 2.45) is 11.1 Å². The number of nitrogens with zero attached hydrogens (tertiary/aromatic N) is 4. The summed E-state index contributed by atoms with van der Waals surface area (Å²) in [5.41, 5.74) is -0.0653. The monoisotopic (exact) mass is 422 g/mol. The van der Waals surface area contributed by atoms with E-state index in [0.29, 0.717) is 18.3 Å². The lowest BCUT2D eigenvalue weighted by Crippen LogP contribution is -2.36. The van der Waals surface area contributed by atoms with Crippen LogP contribution in [0.15, 0.2) is 41.6 Å². The zero-order valence-electron chi connectivity index (χ0n) is 16.8. The molecule has 1 fully saturated rings. The van der Waals surface area contributed by atoms with Crippen LogP contribution in [-0.2, 0) is 11.0 Å². The van der Waals surface area contributed by atoms with Gasteiger partial charge in [0.1, 0.15) is 12.9 Å². The van der Waals surface area contributed by atoms with Crippen molar-refractivity contribution in [2.45, 2.75) is 31.9 Å². The van der Waals surface area contributed by atoms with Crippen LogP contribution in [0.3, 0.4) is 0 Å². The van der Waals surface area contributed by atoms with Crippen LogP contribution in [0.25, 0.3) is 0 Å². The average molecular weight is 422 g/mol. The Morgan fingerprint density at radius 1 is 1.23 bits per heavy atom. The zero-order valence-corrected chi connectivity index (χ0v) is 16.8. The minimum Gasteiger partial charge on any atom is -0.494 e. The molecule has 1 aliphatic heterocycles. The van der Waals surface area contributed by atoms with Gasteiger partial charge in [-0.15, -0.1) is 10.2 Å². The van der Waals surface area contributed by atoms with Crippen LogP contribution in [-0.4, -0.2) is 43.2 Å². The van der Waals surface area contributed by atoms with E-state index in [2.05, 4.69) is 20.2 Å². The SMILES string of the molecule is CON=Cc1cccc(OCCCC2CCCN(c3ccc(C(F)(F)F)nn3)C2)c1. The quantitative estimate of drug-likeness (QED) is 0.355. The summed E-state index contributed by atoms with van der Waals surface area (Å²) in [7, 11) is 1.49. The van der Waals surface area contributed by atoms with Gasteiger partial charge in [0.2, 0.25) is 0 Å². The van der Waals surface area contributed by atoms with Crippen molar-refractivity contribution in [1.29, 1.82) is 0 Å². The Morgan fingerprint density at radius 3 is 2.83 bits per heavy atom. The molecule has 0 N–H and O–H groups in total. The summed E-state index contributed by atoms with van der Waals surface area (Å²) in [5, 5.41) is 10.9. The lowest BCUT2D eigenvalue weighted by atomic mass is 9.93. The van der Waals surface area contributed by atoms with E-state index in [-0.39, 0.29) is 0 Å². The van der Waals surface area contributed by atoms with Crippen molar-refractivity contribution < 1.29 is 22.7 Å². The fourth-order valence-electron chi connectivity index (χ4n) is 3.51. The number of hydrogen-bond acceptors (Lipinski definition) is 6. The number of aromatic nitrogens is 2. The molecule has 0 spiro atoms. The Balaban J connectivity index is 1.45. The second kappa shape index (κ2) is 10.3. The molecule has 1 saturated heterocycles. The maximum absolute atomic E-state index is 12.7. The van der Waals surface area contributed by atoms with Gasteiger partial charge in [-0.3, -0.25) is 0 Å². The fraction of sp³-hybridized carbons (Fsp3) is 0.476. The fourth-order valence-corrected chi connectivity index (χ4v) is 3.51. The molecule has 0 amide bonds. The first kappa shape index (κ1) is 21.9. The molecule has 0 aliphatic carbocycles. The summed E-state index contributed by atoms with van der Waals surface area (Å²) >= 11 is 0. The largest absolute Gasteiger partial charge is 0.494 e. The Morgan fingerprint density at radius 2 is 2.10 bits per heavy atom. The molecule has 0 saturated carbocycles. The number of anilines is 1. The predicted octanol–water partition coefficient (Wildman–Crippen LogP) is 4.55. The zero-order chi connectivity index (χ0) is 21.4. The van der Waals surface area contributed by atoms with Crippen LogP contribution in [0, 0.1) is 5.92 Å². The molecule has 0 radical (unpaired) electrons. The summed E-state index contributed by atoms with van der Waals surface area (Å²) in [4.78, 5) is 6.69. The molecular formula is C21H25F3N4O2. The first-order valence-corrected chi connectivity index (χ1v) is 9.91. The molecule has 2 heterocycles. The normalized spacial score (nSPS) is 17.3. The van der Waals surface area contributed by atoms with Gasteiger partial charge in [0.25, 0.3) is 0 Å². The van der Waals surface area contributed by atoms with Gasteiger partial charge in [0.15, 0.2) is 11.5 Å². The Bertz CT molecular complexity index is 828. The molecule has 162 valence electrons. The van der Waals surface area contributed by atoms with Gasteiger partial charge < -0.3 is 14.5 Å². The molecule has 0 bridgehead atoms. The van der Waals surface area contributed by atoms with E-state index in [4.69, 9.17) is 4.74 Å². The van der Waals surface area contributed by atoms with Gasteiger partial charge in [-0.1, -0.05) is 17.3 Å². The van der Waals surface area contributed by atoms with Crippen LogP contribution in [0.4, 0.5) is 19.0 Å². The lowest BCUT2D eigenvalue weighted by molar-refractivity contribution is -0.141. The smallest absolute Gasteiger partial charge is 0.435 e. The highest BCUT2D eigenvalue weighted by atomic mass is 19.4. The van der Waals surface area contributed by atoms with Crippen molar-refractivity contribution in [3.8, 4) is 5.75 Å². The number of rotatable bonds is 8. The van der Waals surface area contributed by atoms with Gasteiger partial charge in [-0.05, 0) is 61.4 Å². The third-order valence-electron chi connectivity index (χ3n) is 4.97. The molecule has 2 aromatic rings. The Hall–Kier alpha value is -2.84. The van der Waals surface area contributed by atoms with Crippen molar-refractivity contribution >= 4 is 12.0 Å². The number of halogens is 3. The minimum absolute atomic E-state index is 0.451. The van der Waals surface area contributed by atoms with E-state index in [9.17, 15) is 13.2 Å². The van der Waals surface area contributed by atoms with Crippen LogP contribution in [0.5, 0.6) is 5.75 Å². The number of ether oxygens (including phenoxy) is 1. The number of alkyl halides is 3. The maximum atomic E-state index is 12.7. The summed E-state index contributed by atoms with van der Waals surface area (Å²) < 4.78 is 43.8. The molecule has 1 atom stereocenters. The molecule has 6 nitrogen and oxygen atoms in total. The van der Waals surface area contributed by atoms with Gasteiger partial charge in [-0.2, -0.15) is 13.2 Å². The van der Waals surface area contributed by atoms with Gasteiger partial charge in [0, 0.05) is 13.1 Å². The molecule has 1 unspecified atom stereocenters. The minimum atomic E-state index is -4.47. The van der Waals surface area contributed by atoms with Crippen LogP contribution in [0.1, 0.15) is 36.9 Å². The van der Waals surface area contributed by atoms with E-state index in [0.717, 1.165) is 56.2 Å². The van der Waals surface area contributed by atoms with Crippen LogP contribution < -0.4 is 9.64 Å². The molecule has 1 aliphatic rings. The molecule has 30 heavy (non-hydrogen) atoms. The summed E-state index contributed by atoms with van der Waals surface area (Å²) in [6.07, 6.45) is 1.10. The van der Waals surface area contributed by atoms with Crippen LogP contribution in [0.2, 0.25) is 0 Å². The maximum Gasteiger partial charge on any atom is 0.435 e. The van der Waals surface area contributed by atoms with E-state index in [1.54, 1.807) is 6.21 Å². The molecular weight excluding hydrogens is 397 g/mol. The Kier molecular flexibility index (Phi) is 7.48. The average Bonchev–Trinajstić information content (AvgIpc) is 2.75. The summed E-state index contributed by atoms with van der Waals surface area (Å²) in [6, 6.07) is 10.0. The summed E-state index contributed by atoms with van der Waals surface area (Å²) in [6.45, 7) is 2.15. The molecule has 3 rings (SSSR count).